The number of amides is 1. The fourth-order valence-corrected chi connectivity index (χ4v) is 2.54. The van der Waals surface area contributed by atoms with Crippen LogP contribution >= 0.6 is 0 Å². The number of nitrogen functional groups attached to an aromatic ring is 1. The number of hydrogen-bond donors (Lipinski definition) is 1. The maximum absolute atomic E-state index is 12.5. The Morgan fingerprint density at radius 3 is 2.54 bits per heavy atom. The van der Waals surface area contributed by atoms with E-state index >= 15 is 0 Å². The molecular formula is C15H19N7O2. The lowest BCUT2D eigenvalue weighted by Crippen LogP contribution is -2.49. The number of aryl methyl sites for hydroxylation is 1. The van der Waals surface area contributed by atoms with Crippen LogP contribution in [0.4, 0.5) is 11.8 Å². The summed E-state index contributed by atoms with van der Waals surface area (Å²) in [4.78, 5) is 33.0. The minimum Gasteiger partial charge on any atom is -0.481 e. The van der Waals surface area contributed by atoms with Gasteiger partial charge in [-0.25, -0.2) is 15.0 Å². The van der Waals surface area contributed by atoms with Crippen molar-refractivity contribution in [2.45, 2.75) is 6.92 Å². The molecule has 3 heterocycles. The summed E-state index contributed by atoms with van der Waals surface area (Å²) in [6.45, 7) is 4.21. The molecule has 1 fully saturated rings. The molecule has 0 aliphatic carbocycles. The van der Waals surface area contributed by atoms with E-state index in [1.54, 1.807) is 18.1 Å². The third-order valence-corrected chi connectivity index (χ3v) is 3.81. The van der Waals surface area contributed by atoms with Gasteiger partial charge in [-0.3, -0.25) is 4.79 Å². The summed E-state index contributed by atoms with van der Waals surface area (Å²) >= 11 is 0. The molecule has 0 spiro atoms. The van der Waals surface area contributed by atoms with Gasteiger partial charge in [0.25, 0.3) is 5.91 Å². The Balaban J connectivity index is 1.69. The van der Waals surface area contributed by atoms with E-state index in [-0.39, 0.29) is 17.4 Å². The first-order valence-corrected chi connectivity index (χ1v) is 7.59. The van der Waals surface area contributed by atoms with E-state index in [0.29, 0.717) is 38.0 Å². The number of carbonyl (C=O) groups is 1. The average molecular weight is 329 g/mol. The van der Waals surface area contributed by atoms with Gasteiger partial charge in [0.15, 0.2) is 11.5 Å². The molecule has 0 aromatic carbocycles. The molecule has 126 valence electrons. The maximum atomic E-state index is 12.5. The third kappa shape index (κ3) is 3.19. The van der Waals surface area contributed by atoms with Crippen molar-refractivity contribution in [3.05, 3.63) is 29.8 Å². The number of piperazine rings is 1. The first kappa shape index (κ1) is 15.9. The first-order valence-electron chi connectivity index (χ1n) is 7.59. The van der Waals surface area contributed by atoms with Crippen molar-refractivity contribution in [2.75, 3.05) is 43.9 Å². The lowest BCUT2D eigenvalue weighted by Gasteiger charge is -2.34. The number of anilines is 2. The number of carbonyl (C=O) groups excluding carboxylic acids is 1. The molecule has 0 radical (unpaired) electrons. The van der Waals surface area contributed by atoms with Gasteiger partial charge in [-0.05, 0) is 6.92 Å². The van der Waals surface area contributed by atoms with Crippen molar-refractivity contribution in [1.29, 1.82) is 0 Å². The van der Waals surface area contributed by atoms with Gasteiger partial charge in [0.1, 0.15) is 0 Å². The highest BCUT2D eigenvalue weighted by Gasteiger charge is 2.26. The van der Waals surface area contributed by atoms with E-state index < -0.39 is 0 Å². The highest BCUT2D eigenvalue weighted by atomic mass is 16.5. The van der Waals surface area contributed by atoms with Crippen LogP contribution in [0.5, 0.6) is 5.88 Å². The zero-order valence-electron chi connectivity index (χ0n) is 13.6. The standard InChI is InChI=1S/C15H19N7O2/c1-10-9-11(24-2)20-15(19-10)22-7-5-21(6-8-22)14(23)12-13(16)18-4-3-17-12/h3-4,9H,5-8H2,1-2H3,(H2,16,18). The molecule has 0 bridgehead atoms. The topological polar surface area (TPSA) is 110 Å². The number of methoxy groups -OCH3 is 1. The summed E-state index contributed by atoms with van der Waals surface area (Å²) in [6.07, 6.45) is 2.93. The van der Waals surface area contributed by atoms with Crippen LogP contribution in [0, 0.1) is 6.92 Å². The normalized spacial score (nSPS) is 14.6. The predicted molar refractivity (Wildman–Crippen MR) is 87.9 cm³/mol. The largest absolute Gasteiger partial charge is 0.481 e. The number of hydrogen-bond acceptors (Lipinski definition) is 8. The number of rotatable bonds is 3. The van der Waals surface area contributed by atoms with Crippen molar-refractivity contribution in [1.82, 2.24) is 24.8 Å². The lowest BCUT2D eigenvalue weighted by atomic mass is 10.2. The summed E-state index contributed by atoms with van der Waals surface area (Å²) < 4.78 is 5.19. The molecule has 0 atom stereocenters. The van der Waals surface area contributed by atoms with E-state index in [2.05, 4.69) is 19.9 Å². The molecule has 1 aliphatic heterocycles. The Morgan fingerprint density at radius 1 is 1.17 bits per heavy atom. The van der Waals surface area contributed by atoms with Crippen LogP contribution in [0.3, 0.4) is 0 Å². The summed E-state index contributed by atoms with van der Waals surface area (Å²) in [5, 5.41) is 0. The molecule has 0 saturated carbocycles. The highest BCUT2D eigenvalue weighted by Crippen LogP contribution is 2.18. The molecular weight excluding hydrogens is 310 g/mol. The van der Waals surface area contributed by atoms with Crippen molar-refractivity contribution < 1.29 is 9.53 Å². The molecule has 2 aromatic heterocycles. The first-order chi connectivity index (χ1) is 11.6. The van der Waals surface area contributed by atoms with Gasteiger partial charge in [-0.15, -0.1) is 0 Å². The van der Waals surface area contributed by atoms with Crippen LogP contribution in [-0.2, 0) is 0 Å². The van der Waals surface area contributed by atoms with E-state index in [1.165, 1.54) is 12.4 Å². The molecule has 1 amide bonds. The molecule has 1 aliphatic rings. The van der Waals surface area contributed by atoms with Crippen LogP contribution in [0.1, 0.15) is 16.2 Å². The van der Waals surface area contributed by atoms with Gasteiger partial charge in [-0.1, -0.05) is 0 Å². The van der Waals surface area contributed by atoms with E-state index in [1.807, 2.05) is 11.8 Å². The Bertz CT molecular complexity index is 744. The zero-order chi connectivity index (χ0) is 17.1. The van der Waals surface area contributed by atoms with E-state index in [9.17, 15) is 4.79 Å². The van der Waals surface area contributed by atoms with Crippen LogP contribution < -0.4 is 15.4 Å². The minimum atomic E-state index is -0.206. The quantitative estimate of drug-likeness (QED) is 0.846. The molecule has 3 rings (SSSR count). The Labute approximate surface area is 139 Å². The van der Waals surface area contributed by atoms with Crippen molar-refractivity contribution in [3.8, 4) is 5.88 Å². The molecule has 9 nitrogen and oxygen atoms in total. The number of nitrogens with two attached hydrogens (primary N) is 1. The van der Waals surface area contributed by atoms with E-state index in [0.717, 1.165) is 5.69 Å². The number of ether oxygens (including phenoxy) is 1. The summed E-state index contributed by atoms with van der Waals surface area (Å²) in [6, 6.07) is 1.78. The van der Waals surface area contributed by atoms with Gasteiger partial charge in [0.2, 0.25) is 11.8 Å². The molecule has 24 heavy (non-hydrogen) atoms. The van der Waals surface area contributed by atoms with Crippen LogP contribution in [0.25, 0.3) is 0 Å². The van der Waals surface area contributed by atoms with Crippen molar-refractivity contribution in [3.63, 3.8) is 0 Å². The van der Waals surface area contributed by atoms with Crippen LogP contribution in [0.15, 0.2) is 18.5 Å². The predicted octanol–water partition coefficient (Wildman–Crippen LogP) is 0.128. The summed E-state index contributed by atoms with van der Waals surface area (Å²) in [7, 11) is 1.58. The molecule has 1 saturated heterocycles. The SMILES string of the molecule is COc1cc(C)nc(N2CCN(C(=O)c3nccnc3N)CC2)n1. The summed E-state index contributed by atoms with van der Waals surface area (Å²) in [5.74, 6) is 1.08. The molecule has 2 aromatic rings. The van der Waals surface area contributed by atoms with Gasteiger partial charge in [0, 0.05) is 50.3 Å². The molecule has 9 heteroatoms. The van der Waals surface area contributed by atoms with Crippen LogP contribution in [-0.4, -0.2) is 64.0 Å². The lowest BCUT2D eigenvalue weighted by molar-refractivity contribution is 0.0741. The highest BCUT2D eigenvalue weighted by molar-refractivity contribution is 5.96. The zero-order valence-corrected chi connectivity index (χ0v) is 13.6. The smallest absolute Gasteiger partial charge is 0.276 e. The molecule has 2 N–H and O–H groups in total. The Kier molecular flexibility index (Phi) is 4.41. The Morgan fingerprint density at radius 2 is 1.88 bits per heavy atom. The number of nitrogens with zero attached hydrogens (tertiary/aromatic N) is 6. The van der Waals surface area contributed by atoms with Crippen LogP contribution in [0.2, 0.25) is 0 Å². The summed E-state index contributed by atoms with van der Waals surface area (Å²) in [5.41, 5.74) is 6.76. The van der Waals surface area contributed by atoms with Gasteiger partial charge >= 0.3 is 0 Å². The van der Waals surface area contributed by atoms with Crippen molar-refractivity contribution in [2.24, 2.45) is 0 Å². The molecule has 0 unspecified atom stereocenters. The maximum Gasteiger partial charge on any atom is 0.276 e. The van der Waals surface area contributed by atoms with Gasteiger partial charge < -0.3 is 20.3 Å². The fourth-order valence-electron chi connectivity index (χ4n) is 2.54. The van der Waals surface area contributed by atoms with Gasteiger partial charge in [0.05, 0.1) is 7.11 Å². The second-order valence-electron chi connectivity index (χ2n) is 5.42. The minimum absolute atomic E-state index is 0.150. The second kappa shape index (κ2) is 6.65. The second-order valence-corrected chi connectivity index (χ2v) is 5.42. The monoisotopic (exact) mass is 329 g/mol. The fraction of sp³-hybridized carbons (Fsp3) is 0.400. The third-order valence-electron chi connectivity index (χ3n) is 3.81. The number of aromatic nitrogens is 4. The average Bonchev–Trinajstić information content (AvgIpc) is 2.61. The van der Waals surface area contributed by atoms with Gasteiger partial charge in [-0.2, -0.15) is 4.98 Å². The van der Waals surface area contributed by atoms with E-state index in [4.69, 9.17) is 10.5 Å². The van der Waals surface area contributed by atoms with Crippen molar-refractivity contribution >= 4 is 17.7 Å². The Hall–Kier alpha value is -2.97.